The Bertz CT molecular complexity index is 1270. The molecule has 1 aromatic heterocycles. The number of hydrogen-bond acceptors (Lipinski definition) is 3. The van der Waals surface area contributed by atoms with Gasteiger partial charge in [-0.1, -0.05) is 18.2 Å². The molecule has 0 fully saturated rings. The molecule has 154 valence electrons. The Labute approximate surface area is 179 Å². The van der Waals surface area contributed by atoms with Gasteiger partial charge in [-0.3, -0.25) is 9.59 Å². The van der Waals surface area contributed by atoms with Crippen molar-refractivity contribution in [3.05, 3.63) is 95.8 Å². The van der Waals surface area contributed by atoms with E-state index in [1.165, 1.54) is 17.0 Å². The minimum Gasteiger partial charge on any atom is -0.345 e. The first-order chi connectivity index (χ1) is 14.9. The van der Waals surface area contributed by atoms with E-state index in [0.29, 0.717) is 39.0 Å². The molecule has 5 nitrogen and oxygen atoms in total. The maximum Gasteiger partial charge on any atom is 0.256 e. The molecular formula is C25H20FN3O2. The summed E-state index contributed by atoms with van der Waals surface area (Å²) in [4.78, 5) is 31.3. The molecule has 0 aliphatic carbocycles. The fraction of sp³-hybridized carbons (Fsp3) is 0.0800. The van der Waals surface area contributed by atoms with Crippen molar-refractivity contribution >= 4 is 28.4 Å². The summed E-state index contributed by atoms with van der Waals surface area (Å²) in [5.74, 6) is -0.741. The van der Waals surface area contributed by atoms with Gasteiger partial charge in [0.25, 0.3) is 11.8 Å². The molecule has 0 unspecified atom stereocenters. The van der Waals surface area contributed by atoms with Gasteiger partial charge in [0.05, 0.1) is 16.8 Å². The van der Waals surface area contributed by atoms with Crippen LogP contribution in [-0.2, 0) is 0 Å². The van der Waals surface area contributed by atoms with Gasteiger partial charge in [0.1, 0.15) is 5.82 Å². The fourth-order valence-electron chi connectivity index (χ4n) is 3.28. The van der Waals surface area contributed by atoms with Crippen molar-refractivity contribution in [1.29, 1.82) is 0 Å². The molecule has 0 saturated carbocycles. The van der Waals surface area contributed by atoms with Gasteiger partial charge in [0.15, 0.2) is 0 Å². The maximum absolute atomic E-state index is 13.3. The zero-order valence-corrected chi connectivity index (χ0v) is 17.1. The molecule has 0 bridgehead atoms. The van der Waals surface area contributed by atoms with Crippen molar-refractivity contribution in [3.63, 3.8) is 0 Å². The molecular weight excluding hydrogens is 393 g/mol. The summed E-state index contributed by atoms with van der Waals surface area (Å²) in [5, 5.41) is 3.60. The number of hydrogen-bond donors (Lipinski definition) is 1. The van der Waals surface area contributed by atoms with Crippen molar-refractivity contribution in [2.24, 2.45) is 0 Å². The molecule has 0 saturated heterocycles. The summed E-state index contributed by atoms with van der Waals surface area (Å²) in [5.41, 5.74) is 3.53. The lowest BCUT2D eigenvalue weighted by molar-refractivity contribution is 0.0827. The smallest absolute Gasteiger partial charge is 0.256 e. The normalized spacial score (nSPS) is 10.7. The topological polar surface area (TPSA) is 62.3 Å². The molecule has 0 atom stereocenters. The van der Waals surface area contributed by atoms with Crippen LogP contribution in [0.4, 0.5) is 10.1 Å². The predicted molar refractivity (Wildman–Crippen MR) is 120 cm³/mol. The number of para-hydroxylation sites is 1. The highest BCUT2D eigenvalue weighted by Crippen LogP contribution is 2.26. The Morgan fingerprint density at radius 2 is 1.58 bits per heavy atom. The highest BCUT2D eigenvalue weighted by molar-refractivity contribution is 6.13. The van der Waals surface area contributed by atoms with Gasteiger partial charge in [-0.2, -0.15) is 0 Å². The molecule has 0 aliphatic rings. The fourth-order valence-corrected chi connectivity index (χ4v) is 3.28. The first kappa shape index (κ1) is 20.2. The van der Waals surface area contributed by atoms with Crippen molar-refractivity contribution in [3.8, 4) is 11.3 Å². The van der Waals surface area contributed by atoms with Gasteiger partial charge in [-0.05, 0) is 60.7 Å². The maximum atomic E-state index is 13.3. The summed E-state index contributed by atoms with van der Waals surface area (Å²) >= 11 is 0. The van der Waals surface area contributed by atoms with E-state index >= 15 is 0 Å². The van der Waals surface area contributed by atoms with Crippen LogP contribution in [0.15, 0.2) is 78.9 Å². The van der Waals surface area contributed by atoms with Crippen molar-refractivity contribution in [2.75, 3.05) is 19.4 Å². The van der Waals surface area contributed by atoms with Gasteiger partial charge in [-0.25, -0.2) is 9.37 Å². The Morgan fingerprint density at radius 3 is 2.26 bits per heavy atom. The number of carbonyl (C=O) groups is 2. The molecule has 0 radical (unpaired) electrons. The average Bonchev–Trinajstić information content (AvgIpc) is 2.78. The molecule has 31 heavy (non-hydrogen) atoms. The van der Waals surface area contributed by atoms with Crippen molar-refractivity contribution < 1.29 is 14.0 Å². The minimum absolute atomic E-state index is 0.109. The van der Waals surface area contributed by atoms with E-state index in [9.17, 15) is 14.0 Å². The van der Waals surface area contributed by atoms with Crippen LogP contribution in [0.3, 0.4) is 0 Å². The van der Waals surface area contributed by atoms with E-state index in [2.05, 4.69) is 10.3 Å². The highest BCUT2D eigenvalue weighted by Gasteiger charge is 2.15. The first-order valence-electron chi connectivity index (χ1n) is 9.71. The minimum atomic E-state index is -0.335. The number of carbonyl (C=O) groups excluding carboxylic acids is 2. The molecule has 1 N–H and O–H groups in total. The van der Waals surface area contributed by atoms with Crippen LogP contribution in [0.5, 0.6) is 0 Å². The Kier molecular flexibility index (Phi) is 5.45. The van der Waals surface area contributed by atoms with Crippen LogP contribution in [-0.4, -0.2) is 35.8 Å². The van der Waals surface area contributed by atoms with Gasteiger partial charge in [0, 0.05) is 36.3 Å². The van der Waals surface area contributed by atoms with Crippen LogP contribution in [0.25, 0.3) is 22.2 Å². The van der Waals surface area contributed by atoms with E-state index in [-0.39, 0.29) is 17.6 Å². The van der Waals surface area contributed by atoms with Crippen LogP contribution in [0.1, 0.15) is 20.7 Å². The summed E-state index contributed by atoms with van der Waals surface area (Å²) in [6, 6.07) is 21.8. The van der Waals surface area contributed by atoms with Gasteiger partial charge >= 0.3 is 0 Å². The second-order valence-corrected chi connectivity index (χ2v) is 7.31. The number of amides is 2. The lowest BCUT2D eigenvalue weighted by Crippen LogP contribution is -2.21. The molecule has 6 heteroatoms. The van der Waals surface area contributed by atoms with Crippen LogP contribution >= 0.6 is 0 Å². The Morgan fingerprint density at radius 1 is 0.903 bits per heavy atom. The third-order valence-corrected chi connectivity index (χ3v) is 4.90. The van der Waals surface area contributed by atoms with Crippen molar-refractivity contribution in [1.82, 2.24) is 9.88 Å². The number of pyridine rings is 1. The molecule has 4 aromatic rings. The third kappa shape index (κ3) is 4.28. The highest BCUT2D eigenvalue weighted by atomic mass is 19.1. The zero-order valence-electron chi connectivity index (χ0n) is 17.1. The quantitative estimate of drug-likeness (QED) is 0.512. The number of halogens is 1. The lowest BCUT2D eigenvalue weighted by Gasteiger charge is -2.12. The SMILES string of the molecule is CN(C)C(=O)c1ccc(NC(=O)c2cc(-c3ccc(F)cc3)nc3ccccc23)cc1. The van der Waals surface area contributed by atoms with Crippen molar-refractivity contribution in [2.45, 2.75) is 0 Å². The first-order valence-corrected chi connectivity index (χ1v) is 9.71. The number of nitrogens with zero attached hydrogens (tertiary/aromatic N) is 2. The number of anilines is 1. The number of nitrogens with one attached hydrogen (secondary N) is 1. The predicted octanol–water partition coefficient (Wildman–Crippen LogP) is 5.00. The molecule has 0 aliphatic heterocycles. The standard InChI is InChI=1S/C25H20FN3O2/c1-29(2)25(31)17-9-13-19(14-10-17)27-24(30)21-15-23(16-7-11-18(26)12-8-16)28-22-6-4-3-5-20(21)22/h3-15H,1-2H3,(H,27,30). The lowest BCUT2D eigenvalue weighted by atomic mass is 10.0. The molecule has 0 spiro atoms. The van der Waals surface area contributed by atoms with E-state index in [4.69, 9.17) is 0 Å². The van der Waals surface area contributed by atoms with E-state index in [0.717, 1.165) is 0 Å². The summed E-state index contributed by atoms with van der Waals surface area (Å²) in [6.45, 7) is 0. The van der Waals surface area contributed by atoms with E-state index < -0.39 is 0 Å². The Hall–Kier alpha value is -4.06. The van der Waals surface area contributed by atoms with Crippen LogP contribution in [0, 0.1) is 5.82 Å². The summed E-state index contributed by atoms with van der Waals surface area (Å²) < 4.78 is 13.3. The van der Waals surface area contributed by atoms with E-state index in [1.54, 1.807) is 56.6 Å². The zero-order chi connectivity index (χ0) is 22.0. The van der Waals surface area contributed by atoms with Gasteiger partial charge < -0.3 is 10.2 Å². The molecule has 4 rings (SSSR count). The third-order valence-electron chi connectivity index (χ3n) is 4.90. The van der Waals surface area contributed by atoms with Gasteiger partial charge in [0.2, 0.25) is 0 Å². The summed E-state index contributed by atoms with van der Waals surface area (Å²) in [7, 11) is 3.37. The largest absolute Gasteiger partial charge is 0.345 e. The van der Waals surface area contributed by atoms with Crippen LogP contribution in [0.2, 0.25) is 0 Å². The second-order valence-electron chi connectivity index (χ2n) is 7.31. The van der Waals surface area contributed by atoms with Crippen LogP contribution < -0.4 is 5.32 Å². The average molecular weight is 413 g/mol. The van der Waals surface area contributed by atoms with Gasteiger partial charge in [-0.15, -0.1) is 0 Å². The summed E-state index contributed by atoms with van der Waals surface area (Å²) in [6.07, 6.45) is 0. The second kappa shape index (κ2) is 8.36. The molecule has 3 aromatic carbocycles. The molecule has 1 heterocycles. The monoisotopic (exact) mass is 413 g/mol. The molecule has 2 amide bonds. The number of benzene rings is 3. The number of rotatable bonds is 4. The Balaban J connectivity index is 1.68. The number of aromatic nitrogens is 1. The van der Waals surface area contributed by atoms with E-state index in [1.807, 2.05) is 24.3 Å². The number of fused-ring (bicyclic) bond motifs is 1.